The van der Waals surface area contributed by atoms with E-state index in [1.54, 1.807) is 46.7 Å². The van der Waals surface area contributed by atoms with E-state index in [0.717, 1.165) is 38.0 Å². The Hall–Kier alpha value is -7.24. The minimum absolute atomic E-state index is 0.0539. The summed E-state index contributed by atoms with van der Waals surface area (Å²) in [6, 6.07) is 16.1. The van der Waals surface area contributed by atoms with E-state index in [1.165, 1.54) is 12.1 Å². The zero-order valence-corrected chi connectivity index (χ0v) is 36.8. The number of carbonyl (C=O) groups excluding carboxylic acids is 3. The number of cyclic esters (lactones) is 1. The van der Waals surface area contributed by atoms with Gasteiger partial charge in [-0.15, -0.1) is 0 Å². The van der Waals surface area contributed by atoms with Gasteiger partial charge in [-0.1, -0.05) is 27.7 Å². The molecule has 6 heterocycles. The summed E-state index contributed by atoms with van der Waals surface area (Å²) in [5.41, 5.74) is 10.5. The molecule has 17 nitrogen and oxygen atoms in total. The minimum Gasteiger partial charge on any atom is -0.508 e. The van der Waals surface area contributed by atoms with Crippen molar-refractivity contribution in [3.8, 4) is 28.6 Å². The summed E-state index contributed by atoms with van der Waals surface area (Å²) in [6.07, 6.45) is 0.200. The van der Waals surface area contributed by atoms with Crippen LogP contribution in [0, 0.1) is 5.41 Å². The Balaban J connectivity index is 0.879. The van der Waals surface area contributed by atoms with Crippen LogP contribution in [0.1, 0.15) is 79.1 Å². The van der Waals surface area contributed by atoms with Crippen molar-refractivity contribution in [2.24, 2.45) is 12.8 Å². The van der Waals surface area contributed by atoms with Crippen LogP contribution in [0.25, 0.3) is 33.2 Å². The Morgan fingerprint density at radius 2 is 1.74 bits per heavy atom. The van der Waals surface area contributed by atoms with E-state index in [0.29, 0.717) is 73.0 Å². The van der Waals surface area contributed by atoms with Gasteiger partial charge in [-0.05, 0) is 84.5 Å². The lowest BCUT2D eigenvalue weighted by atomic mass is 9.86. The van der Waals surface area contributed by atoms with Crippen molar-refractivity contribution in [2.45, 2.75) is 71.8 Å². The van der Waals surface area contributed by atoms with Gasteiger partial charge in [-0.2, -0.15) is 0 Å². The molecular weight excluding hydrogens is 833 g/mol. The fraction of sp³-hybridized carbons (Fsp3) is 0.333. The lowest BCUT2D eigenvalue weighted by molar-refractivity contribution is -0.172. The van der Waals surface area contributed by atoms with Gasteiger partial charge >= 0.3 is 18.1 Å². The predicted octanol–water partition coefficient (Wildman–Crippen LogP) is 5.90. The lowest BCUT2D eigenvalue weighted by Gasteiger charge is -2.34. The van der Waals surface area contributed by atoms with Crippen LogP contribution in [0.15, 0.2) is 65.5 Å². The molecule has 9 rings (SSSR count). The Labute approximate surface area is 373 Å². The maximum Gasteiger partial charge on any atom is 0.415 e. The Kier molecular flexibility index (Phi) is 10.6. The minimum atomic E-state index is -1.92. The number of pyridine rings is 2. The van der Waals surface area contributed by atoms with E-state index in [9.17, 15) is 34.5 Å². The fourth-order valence-corrected chi connectivity index (χ4v) is 9.51. The van der Waals surface area contributed by atoms with Crippen molar-refractivity contribution >= 4 is 51.4 Å². The second kappa shape index (κ2) is 16.1. The van der Waals surface area contributed by atoms with E-state index in [2.05, 4.69) is 9.47 Å². The number of benzene rings is 3. The third-order valence-electron chi connectivity index (χ3n) is 13.2. The average molecular weight is 883 g/mol. The van der Waals surface area contributed by atoms with Gasteiger partial charge in [0.1, 0.15) is 29.7 Å². The first-order valence-corrected chi connectivity index (χ1v) is 21.7. The van der Waals surface area contributed by atoms with Gasteiger partial charge in [0.05, 0.1) is 40.3 Å². The van der Waals surface area contributed by atoms with E-state index in [-0.39, 0.29) is 65.1 Å². The highest BCUT2D eigenvalue weighted by atomic mass is 16.6. The fourth-order valence-electron chi connectivity index (χ4n) is 9.51. The largest absolute Gasteiger partial charge is 0.508 e. The summed E-state index contributed by atoms with van der Waals surface area (Å²) in [4.78, 5) is 62.6. The number of amidine groups is 1. The van der Waals surface area contributed by atoms with Crippen molar-refractivity contribution in [3.05, 3.63) is 110 Å². The summed E-state index contributed by atoms with van der Waals surface area (Å²) in [5, 5.41) is 42.7. The standard InChI is InChI=1S/C48H50N8O9/c1-6-30-32-18-29(9-10-37(32)51-42-34(30)23-55-39(42)20-36-35(44(55)59)24-64-45(60)48(36,63)7-2)65-47(62)54-14-12-53(13-15-54)22-28-17-26-16-27(8-11-38(26)52(28)5)56(46(50)61)43(49)33-19-31(25(3)4)40(57)21-41(33)58/h8-11,16-21,25,49,57-58,63H,6-7,12-15,22-24H2,1-5H3,(H2,50,61). The number of carbonyl (C=O) groups is 3. The van der Waals surface area contributed by atoms with Crippen LogP contribution in [0.5, 0.6) is 17.2 Å². The van der Waals surface area contributed by atoms with Crippen LogP contribution in [0.4, 0.5) is 15.3 Å². The second-order valence-electron chi connectivity index (χ2n) is 17.2. The highest BCUT2D eigenvalue weighted by Gasteiger charge is 2.45. The highest BCUT2D eigenvalue weighted by Crippen LogP contribution is 2.41. The molecule has 1 fully saturated rings. The molecule has 0 aliphatic carbocycles. The Morgan fingerprint density at radius 1 is 0.985 bits per heavy atom. The van der Waals surface area contributed by atoms with E-state index in [1.807, 2.05) is 46.0 Å². The van der Waals surface area contributed by atoms with Gasteiger partial charge in [-0.25, -0.2) is 24.3 Å². The molecule has 1 unspecified atom stereocenters. The summed E-state index contributed by atoms with van der Waals surface area (Å²) < 4.78 is 14.8. The zero-order valence-electron chi connectivity index (χ0n) is 36.8. The molecule has 65 heavy (non-hydrogen) atoms. The van der Waals surface area contributed by atoms with Gasteiger partial charge in [0, 0.05) is 78.9 Å². The number of fused-ring (bicyclic) bond motifs is 6. The van der Waals surface area contributed by atoms with Crippen molar-refractivity contribution < 1.29 is 39.2 Å². The number of primary amides is 1. The van der Waals surface area contributed by atoms with Crippen molar-refractivity contribution in [3.63, 3.8) is 0 Å². The van der Waals surface area contributed by atoms with Gasteiger partial charge in [0.25, 0.3) is 5.56 Å². The smallest absolute Gasteiger partial charge is 0.415 e. The third kappa shape index (κ3) is 7.11. The van der Waals surface area contributed by atoms with E-state index in [4.69, 9.17) is 25.6 Å². The van der Waals surface area contributed by atoms with Crippen LogP contribution < -0.4 is 20.9 Å². The Morgan fingerprint density at radius 3 is 2.43 bits per heavy atom. The van der Waals surface area contributed by atoms with E-state index < -0.39 is 23.7 Å². The molecule has 3 aliphatic heterocycles. The van der Waals surface area contributed by atoms with E-state index >= 15 is 0 Å². The number of anilines is 1. The summed E-state index contributed by atoms with van der Waals surface area (Å²) in [6.45, 7) is 10.1. The second-order valence-corrected chi connectivity index (χ2v) is 17.2. The van der Waals surface area contributed by atoms with Crippen LogP contribution in [0.2, 0.25) is 0 Å². The molecule has 336 valence electrons. The van der Waals surface area contributed by atoms with Crippen LogP contribution in [-0.2, 0) is 48.3 Å². The number of aromatic nitrogens is 3. The maximum atomic E-state index is 13.7. The normalized spacial score (nSPS) is 17.0. The molecule has 0 radical (unpaired) electrons. The summed E-state index contributed by atoms with van der Waals surface area (Å²) in [7, 11) is 1.95. The molecule has 3 aromatic carbocycles. The number of phenolic OH excluding ortho intramolecular Hbond substituents is 2. The molecule has 3 aromatic heterocycles. The number of aliphatic hydroxyl groups is 1. The van der Waals surface area contributed by atoms with Gasteiger partial charge in [0.2, 0.25) is 0 Å². The molecule has 17 heteroatoms. The number of aryl methyl sites for hydroxylation is 2. The maximum absolute atomic E-state index is 13.7. The number of hydrogen-bond donors (Lipinski definition) is 5. The average Bonchev–Trinajstić information content (AvgIpc) is 3.80. The molecule has 3 aliphatic rings. The number of nitrogens with two attached hydrogens (primary N) is 1. The molecule has 1 saturated heterocycles. The molecule has 0 spiro atoms. The summed E-state index contributed by atoms with van der Waals surface area (Å²) in [5.74, 6) is -1.29. The number of ether oxygens (including phenoxy) is 2. The predicted molar refractivity (Wildman–Crippen MR) is 242 cm³/mol. The first-order valence-electron chi connectivity index (χ1n) is 21.7. The highest BCUT2D eigenvalue weighted by molar-refractivity contribution is 6.22. The van der Waals surface area contributed by atoms with Crippen LogP contribution >= 0.6 is 0 Å². The molecular formula is C48H50N8O9. The monoisotopic (exact) mass is 882 g/mol. The molecule has 3 amide bonds. The number of nitrogens with one attached hydrogen (secondary N) is 1. The van der Waals surface area contributed by atoms with Gasteiger partial charge in [-0.3, -0.25) is 15.1 Å². The zero-order chi connectivity index (χ0) is 46.2. The number of piperazine rings is 1. The van der Waals surface area contributed by atoms with Crippen LogP contribution in [-0.4, -0.2) is 89.3 Å². The number of nitrogens with zero attached hydrogens (tertiary/aromatic N) is 6. The molecule has 6 aromatic rings. The van der Waals surface area contributed by atoms with Gasteiger partial charge in [0.15, 0.2) is 5.60 Å². The third-order valence-corrected chi connectivity index (χ3v) is 13.2. The Bertz CT molecular complexity index is 3070. The van der Waals surface area contributed by atoms with Crippen LogP contribution in [0.3, 0.4) is 0 Å². The molecule has 0 bridgehead atoms. The molecule has 6 N–H and O–H groups in total. The first-order chi connectivity index (χ1) is 31.0. The number of rotatable bonds is 8. The lowest BCUT2D eigenvalue weighted by Crippen LogP contribution is -2.49. The first kappa shape index (κ1) is 43.0. The number of phenols is 2. The van der Waals surface area contributed by atoms with Crippen molar-refractivity contribution in [1.82, 2.24) is 23.9 Å². The SMILES string of the molecule is CCc1c2c(nc3ccc(OC(=O)N4CCN(Cc5cc6cc(N(C(=N)c7cc(C(C)C)c(O)cc7O)C(N)=O)ccc6n5C)CC4)cc13)-c1cc3c(c(=O)n1C2)COC(=O)C3(O)CC. The molecule has 0 saturated carbocycles. The quantitative estimate of drug-likeness (QED) is 0.0686. The van der Waals surface area contributed by atoms with Gasteiger partial charge < -0.3 is 44.6 Å². The number of amides is 3. The number of hydrogen-bond acceptors (Lipinski definition) is 12. The molecule has 1 atom stereocenters. The van der Waals surface area contributed by atoms with Crippen molar-refractivity contribution in [2.75, 3.05) is 31.1 Å². The number of aromatic hydroxyl groups is 2. The topological polar surface area (TPSA) is 230 Å². The number of urea groups is 1. The number of esters is 1. The van der Waals surface area contributed by atoms with Crippen molar-refractivity contribution in [1.29, 1.82) is 5.41 Å². The summed E-state index contributed by atoms with van der Waals surface area (Å²) >= 11 is 0.